The van der Waals surface area contributed by atoms with E-state index in [9.17, 15) is 19.8 Å². The van der Waals surface area contributed by atoms with E-state index < -0.39 is 0 Å². The van der Waals surface area contributed by atoms with Crippen LogP contribution in [0.3, 0.4) is 0 Å². The predicted molar refractivity (Wildman–Crippen MR) is 151 cm³/mol. The van der Waals surface area contributed by atoms with E-state index in [4.69, 9.17) is 0 Å². The van der Waals surface area contributed by atoms with E-state index in [1.54, 1.807) is 34.1 Å². The van der Waals surface area contributed by atoms with Gasteiger partial charge in [-0.05, 0) is 62.4 Å². The third-order valence-corrected chi connectivity index (χ3v) is 9.08. The molecule has 0 spiro atoms. The number of hydrogen-bond donors (Lipinski definition) is 2. The van der Waals surface area contributed by atoms with Crippen LogP contribution < -0.4 is 0 Å². The molecule has 2 aromatic carbocycles. The van der Waals surface area contributed by atoms with Crippen LogP contribution in [0.1, 0.15) is 23.6 Å². The smallest absolute Gasteiger partial charge is 0.261 e. The van der Waals surface area contributed by atoms with E-state index in [2.05, 4.69) is 0 Å². The highest BCUT2D eigenvalue weighted by Gasteiger charge is 2.48. The number of phenols is 2. The van der Waals surface area contributed by atoms with E-state index in [0.717, 1.165) is 19.5 Å². The Bertz CT molecular complexity index is 1550. The number of rotatable bonds is 6. The maximum absolute atomic E-state index is 13.8. The number of benzene rings is 2. The van der Waals surface area contributed by atoms with Crippen molar-refractivity contribution in [3.8, 4) is 32.4 Å². The van der Waals surface area contributed by atoms with Crippen molar-refractivity contribution in [1.29, 1.82) is 0 Å². The largest absolute Gasteiger partial charge is 0.507 e. The van der Waals surface area contributed by atoms with Gasteiger partial charge in [-0.1, -0.05) is 24.3 Å². The molecule has 38 heavy (non-hydrogen) atoms. The highest BCUT2D eigenvalue weighted by molar-refractivity contribution is 7.17. The number of carbonyl (C=O) groups is 2. The Kier molecular flexibility index (Phi) is 5.93. The molecule has 0 fully saturated rings. The average molecular weight is 541 g/mol. The molecule has 2 amide bonds. The van der Waals surface area contributed by atoms with Crippen molar-refractivity contribution in [2.24, 2.45) is 0 Å². The maximum atomic E-state index is 13.8. The lowest BCUT2D eigenvalue weighted by Gasteiger charge is -2.22. The number of thiophene rings is 2. The molecule has 2 aromatic heterocycles. The lowest BCUT2D eigenvalue weighted by Crippen LogP contribution is -2.29. The summed E-state index contributed by atoms with van der Waals surface area (Å²) in [5.41, 5.74) is 3.52. The Morgan fingerprint density at radius 2 is 0.947 bits per heavy atom. The van der Waals surface area contributed by atoms with Crippen LogP contribution in [0.25, 0.3) is 32.3 Å². The second kappa shape index (κ2) is 9.31. The van der Waals surface area contributed by atoms with Crippen LogP contribution in [0.2, 0.25) is 0 Å². The molecule has 8 heteroatoms. The first kappa shape index (κ1) is 24.2. The van der Waals surface area contributed by atoms with Crippen molar-refractivity contribution in [1.82, 2.24) is 9.80 Å². The minimum Gasteiger partial charge on any atom is -0.507 e. The van der Waals surface area contributed by atoms with Gasteiger partial charge in [0.25, 0.3) is 11.8 Å². The maximum Gasteiger partial charge on any atom is 0.261 e. The van der Waals surface area contributed by atoms with E-state index in [1.165, 1.54) is 22.7 Å². The van der Waals surface area contributed by atoms with Crippen LogP contribution in [0, 0.1) is 0 Å². The third-order valence-electron chi connectivity index (χ3n) is 6.83. The van der Waals surface area contributed by atoms with Crippen molar-refractivity contribution < 1.29 is 19.8 Å². The van der Waals surface area contributed by atoms with E-state index in [0.29, 0.717) is 46.8 Å². The lowest BCUT2D eigenvalue weighted by molar-refractivity contribution is -0.124. The molecule has 2 N–H and O–H groups in total. The van der Waals surface area contributed by atoms with Gasteiger partial charge in [0, 0.05) is 34.0 Å². The van der Waals surface area contributed by atoms with Crippen LogP contribution in [0.5, 0.6) is 11.5 Å². The Morgan fingerprint density at radius 3 is 1.32 bits per heavy atom. The molecule has 0 aliphatic carbocycles. The zero-order valence-electron chi connectivity index (χ0n) is 20.8. The Hall–Kier alpha value is -4.14. The first-order chi connectivity index (χ1) is 18.4. The molecule has 0 saturated heterocycles. The van der Waals surface area contributed by atoms with Crippen LogP contribution >= 0.6 is 22.7 Å². The molecule has 6 rings (SSSR count). The molecule has 0 unspecified atom stereocenters. The van der Waals surface area contributed by atoms with Gasteiger partial charge in [0.05, 0.1) is 32.3 Å². The monoisotopic (exact) mass is 540 g/mol. The van der Waals surface area contributed by atoms with Crippen LogP contribution in [-0.2, 0) is 9.59 Å². The second-order valence-corrected chi connectivity index (χ2v) is 11.1. The van der Waals surface area contributed by atoms with E-state index in [-0.39, 0.29) is 23.3 Å². The highest BCUT2D eigenvalue weighted by atomic mass is 32.1. The SMILES string of the molecule is CCN1C(=O)C2=C(c3ccc(-c4ccccc4O)s3)N(CC)C(=O)C2=C1c1ccc(-c2ccccc2O)s1. The molecule has 0 radical (unpaired) electrons. The van der Waals surface area contributed by atoms with Crippen molar-refractivity contribution >= 4 is 45.9 Å². The number of nitrogens with zero attached hydrogens (tertiary/aromatic N) is 2. The number of phenolic OH excluding ortho intramolecular Hbond substituents is 2. The van der Waals surface area contributed by atoms with Gasteiger partial charge in [-0.15, -0.1) is 22.7 Å². The number of amides is 2. The summed E-state index contributed by atoms with van der Waals surface area (Å²) in [6.45, 7) is 4.65. The highest BCUT2D eigenvalue weighted by Crippen LogP contribution is 2.50. The van der Waals surface area contributed by atoms with E-state index >= 15 is 0 Å². The summed E-state index contributed by atoms with van der Waals surface area (Å²) in [5, 5.41) is 20.7. The zero-order chi connectivity index (χ0) is 26.6. The second-order valence-electron chi connectivity index (χ2n) is 8.91. The van der Waals surface area contributed by atoms with E-state index in [1.807, 2.05) is 62.4 Å². The first-order valence-electron chi connectivity index (χ1n) is 12.3. The molecule has 4 aromatic rings. The number of fused-ring (bicyclic) bond motifs is 1. The van der Waals surface area contributed by atoms with Crippen molar-refractivity contribution in [2.75, 3.05) is 13.1 Å². The molecular formula is C30H24N2O4S2. The number of likely N-dealkylation sites (N-methyl/N-ethyl adjacent to an activating group) is 2. The number of carbonyl (C=O) groups excluding carboxylic acids is 2. The summed E-state index contributed by atoms with van der Waals surface area (Å²) in [5.74, 6) is -0.00900. The Balaban J connectivity index is 1.51. The molecule has 0 atom stereocenters. The molecule has 4 heterocycles. The van der Waals surface area contributed by atoms with Gasteiger partial charge in [0.1, 0.15) is 11.5 Å². The van der Waals surface area contributed by atoms with Crippen molar-refractivity contribution in [2.45, 2.75) is 13.8 Å². The summed E-state index contributed by atoms with van der Waals surface area (Å²) in [6, 6.07) is 21.9. The van der Waals surface area contributed by atoms with Crippen LogP contribution in [-0.4, -0.2) is 44.9 Å². The normalized spacial score (nSPS) is 15.3. The fraction of sp³-hybridized carbons (Fsp3) is 0.133. The molecule has 2 aliphatic heterocycles. The zero-order valence-corrected chi connectivity index (χ0v) is 22.4. The fourth-order valence-electron chi connectivity index (χ4n) is 5.10. The number of aromatic hydroxyl groups is 2. The minimum absolute atomic E-state index is 0.184. The average Bonchev–Trinajstić information content (AvgIpc) is 3.69. The first-order valence-corrected chi connectivity index (χ1v) is 14.0. The van der Waals surface area contributed by atoms with Crippen molar-refractivity contribution in [3.05, 3.63) is 93.7 Å². The Labute approximate surface area is 228 Å². The van der Waals surface area contributed by atoms with Gasteiger partial charge >= 0.3 is 0 Å². The molecule has 190 valence electrons. The van der Waals surface area contributed by atoms with Gasteiger partial charge in [0.15, 0.2) is 0 Å². The third kappa shape index (κ3) is 3.60. The van der Waals surface area contributed by atoms with Crippen LogP contribution in [0.4, 0.5) is 0 Å². The Morgan fingerprint density at radius 1 is 0.579 bits per heavy atom. The van der Waals surface area contributed by atoms with Gasteiger partial charge in [-0.3, -0.25) is 9.59 Å². The topological polar surface area (TPSA) is 81.1 Å². The quantitative estimate of drug-likeness (QED) is 0.297. The predicted octanol–water partition coefficient (Wildman–Crippen LogP) is 6.40. The van der Waals surface area contributed by atoms with Gasteiger partial charge in [0.2, 0.25) is 0 Å². The molecular weight excluding hydrogens is 516 g/mol. The van der Waals surface area contributed by atoms with Gasteiger partial charge < -0.3 is 20.0 Å². The van der Waals surface area contributed by atoms with Crippen molar-refractivity contribution in [3.63, 3.8) is 0 Å². The fourth-order valence-corrected chi connectivity index (χ4v) is 7.30. The molecule has 0 saturated carbocycles. The van der Waals surface area contributed by atoms with Gasteiger partial charge in [-0.25, -0.2) is 0 Å². The lowest BCUT2D eigenvalue weighted by atomic mass is 10.1. The number of para-hydroxylation sites is 2. The molecule has 0 bridgehead atoms. The summed E-state index contributed by atoms with van der Waals surface area (Å²) in [6.07, 6.45) is 0. The molecule has 6 nitrogen and oxygen atoms in total. The van der Waals surface area contributed by atoms with Crippen LogP contribution in [0.15, 0.2) is 83.9 Å². The standard InChI is InChI=1S/C30H24N2O4S2/c1-3-31-27(23-15-13-21(37-23)17-9-5-7-11-19(17)33)25-26(29(31)35)28(32(4-2)30(25)36)24-16-14-22(38-24)18-10-6-8-12-20(18)34/h5-16,33-34H,3-4H2,1-2H3. The minimum atomic E-state index is -0.188. The van der Waals surface area contributed by atoms with Gasteiger partial charge in [-0.2, -0.15) is 0 Å². The summed E-state index contributed by atoms with van der Waals surface area (Å²) < 4.78 is 0. The number of hydrogen-bond acceptors (Lipinski definition) is 6. The summed E-state index contributed by atoms with van der Waals surface area (Å²) in [4.78, 5) is 34.3. The summed E-state index contributed by atoms with van der Waals surface area (Å²) >= 11 is 2.90. The molecule has 2 aliphatic rings. The summed E-state index contributed by atoms with van der Waals surface area (Å²) in [7, 11) is 0.